The van der Waals surface area contributed by atoms with Crippen molar-refractivity contribution >= 4 is 5.91 Å². The molecule has 0 heterocycles. The van der Waals surface area contributed by atoms with Crippen LogP contribution in [-0.2, 0) is 9.53 Å². The molecule has 0 unspecified atom stereocenters. The topological polar surface area (TPSA) is 55.6 Å². The normalized spacial score (nSPS) is 13.1. The fourth-order valence-corrected chi connectivity index (χ4v) is 2.21. The molecule has 1 atom stereocenters. The molecule has 0 fully saturated rings. The third-order valence-corrected chi connectivity index (χ3v) is 3.25. The summed E-state index contributed by atoms with van der Waals surface area (Å²) in [5.74, 6) is 0.504. The van der Waals surface area contributed by atoms with Gasteiger partial charge >= 0.3 is 0 Å². The van der Waals surface area contributed by atoms with Crippen LogP contribution in [0.2, 0.25) is 0 Å². The highest BCUT2D eigenvalue weighted by molar-refractivity contribution is 5.82. The first-order chi connectivity index (χ1) is 8.47. The van der Waals surface area contributed by atoms with Gasteiger partial charge in [0, 0.05) is 19.7 Å². The van der Waals surface area contributed by atoms with Gasteiger partial charge in [-0.2, -0.15) is 0 Å². The molecule has 0 saturated carbocycles. The minimum atomic E-state index is -0.387. The molecule has 0 aliphatic rings. The first-order valence-electron chi connectivity index (χ1n) is 7.02. The number of rotatable bonds is 9. The van der Waals surface area contributed by atoms with Crippen LogP contribution in [0.1, 0.15) is 47.0 Å². The van der Waals surface area contributed by atoms with E-state index in [1.54, 1.807) is 7.11 Å². The van der Waals surface area contributed by atoms with Crippen molar-refractivity contribution in [2.75, 3.05) is 20.3 Å². The maximum atomic E-state index is 12.4. The second-order valence-electron chi connectivity index (χ2n) is 5.23. The van der Waals surface area contributed by atoms with Crippen LogP contribution in [0.5, 0.6) is 0 Å². The zero-order valence-electron chi connectivity index (χ0n) is 12.6. The Morgan fingerprint density at radius 1 is 1.28 bits per heavy atom. The van der Waals surface area contributed by atoms with Crippen molar-refractivity contribution in [2.24, 2.45) is 11.7 Å². The Morgan fingerprint density at radius 3 is 2.22 bits per heavy atom. The van der Waals surface area contributed by atoms with Gasteiger partial charge in [-0.15, -0.1) is 0 Å². The molecular formula is C14H30N2O2. The highest BCUT2D eigenvalue weighted by Crippen LogP contribution is 2.13. The molecule has 0 aromatic rings. The first kappa shape index (κ1) is 17.4. The van der Waals surface area contributed by atoms with Gasteiger partial charge in [0.15, 0.2) is 0 Å². The van der Waals surface area contributed by atoms with Crippen molar-refractivity contribution in [1.82, 2.24) is 4.90 Å². The molecule has 0 aliphatic carbocycles. The van der Waals surface area contributed by atoms with Crippen LogP contribution in [0.3, 0.4) is 0 Å². The minimum absolute atomic E-state index is 0.0643. The summed E-state index contributed by atoms with van der Waals surface area (Å²) in [7, 11) is 1.66. The van der Waals surface area contributed by atoms with Crippen LogP contribution in [0.15, 0.2) is 0 Å². The van der Waals surface area contributed by atoms with Crippen molar-refractivity contribution in [3.8, 4) is 0 Å². The predicted molar refractivity (Wildman–Crippen MR) is 75.4 cm³/mol. The van der Waals surface area contributed by atoms with E-state index in [2.05, 4.69) is 27.7 Å². The number of ether oxygens (including phenoxy) is 1. The molecule has 0 radical (unpaired) electrons. The van der Waals surface area contributed by atoms with Crippen LogP contribution in [-0.4, -0.2) is 43.2 Å². The lowest BCUT2D eigenvalue weighted by molar-refractivity contribution is -0.136. The van der Waals surface area contributed by atoms with Gasteiger partial charge in [0.05, 0.1) is 12.6 Å². The molecule has 4 nitrogen and oxygen atoms in total. The second kappa shape index (κ2) is 9.34. The van der Waals surface area contributed by atoms with Gasteiger partial charge in [-0.1, -0.05) is 27.7 Å². The van der Waals surface area contributed by atoms with Crippen molar-refractivity contribution < 1.29 is 9.53 Å². The van der Waals surface area contributed by atoms with Crippen LogP contribution < -0.4 is 5.73 Å². The van der Waals surface area contributed by atoms with Crippen LogP contribution in [0, 0.1) is 5.92 Å². The zero-order chi connectivity index (χ0) is 14.1. The lowest BCUT2D eigenvalue weighted by Gasteiger charge is -2.32. The number of methoxy groups -OCH3 is 1. The van der Waals surface area contributed by atoms with Crippen LogP contribution >= 0.6 is 0 Å². The van der Waals surface area contributed by atoms with E-state index in [1.807, 2.05) is 4.90 Å². The summed E-state index contributed by atoms with van der Waals surface area (Å²) < 4.78 is 5.09. The first-order valence-corrected chi connectivity index (χ1v) is 7.02. The van der Waals surface area contributed by atoms with Gasteiger partial charge in [0.1, 0.15) is 0 Å². The molecule has 0 saturated heterocycles. The molecule has 0 rings (SSSR count). The van der Waals surface area contributed by atoms with Gasteiger partial charge in [0.2, 0.25) is 5.91 Å². The Labute approximate surface area is 112 Å². The zero-order valence-corrected chi connectivity index (χ0v) is 12.6. The molecule has 0 aliphatic heterocycles. The average Bonchev–Trinajstić information content (AvgIpc) is 2.32. The van der Waals surface area contributed by atoms with E-state index >= 15 is 0 Å². The number of carbonyl (C=O) groups is 1. The summed E-state index contributed by atoms with van der Waals surface area (Å²) in [6.07, 6.45) is 2.66. The van der Waals surface area contributed by atoms with E-state index < -0.39 is 0 Å². The molecule has 0 aromatic heterocycles. The monoisotopic (exact) mass is 258 g/mol. The van der Waals surface area contributed by atoms with Crippen LogP contribution in [0.4, 0.5) is 0 Å². The average molecular weight is 258 g/mol. The Morgan fingerprint density at radius 2 is 1.83 bits per heavy atom. The molecule has 4 heteroatoms. The SMILES string of the molecule is CCC(CC)N(CCOC)C(=O)[C@@H](N)CC(C)C. The van der Waals surface area contributed by atoms with Gasteiger partial charge < -0.3 is 15.4 Å². The highest BCUT2D eigenvalue weighted by atomic mass is 16.5. The Bertz CT molecular complexity index is 228. The largest absolute Gasteiger partial charge is 0.383 e. The van der Waals surface area contributed by atoms with Crippen LogP contribution in [0.25, 0.3) is 0 Å². The third-order valence-electron chi connectivity index (χ3n) is 3.25. The molecule has 0 aromatic carbocycles. The number of carbonyl (C=O) groups excluding carboxylic acids is 1. The summed E-state index contributed by atoms with van der Waals surface area (Å²) in [6, 6.07) is -0.117. The van der Waals surface area contributed by atoms with Gasteiger partial charge in [0.25, 0.3) is 0 Å². The summed E-state index contributed by atoms with van der Waals surface area (Å²) in [6.45, 7) is 9.59. The fraction of sp³-hybridized carbons (Fsp3) is 0.929. The molecule has 1 amide bonds. The van der Waals surface area contributed by atoms with Crippen molar-refractivity contribution in [3.63, 3.8) is 0 Å². The summed E-state index contributed by atoms with van der Waals surface area (Å²) in [4.78, 5) is 14.3. The second-order valence-corrected chi connectivity index (χ2v) is 5.23. The molecular weight excluding hydrogens is 228 g/mol. The highest BCUT2D eigenvalue weighted by Gasteiger charge is 2.25. The van der Waals surface area contributed by atoms with Gasteiger partial charge in [-0.05, 0) is 25.2 Å². The lowest BCUT2D eigenvalue weighted by atomic mass is 10.0. The smallest absolute Gasteiger partial charge is 0.239 e. The lowest BCUT2D eigenvalue weighted by Crippen LogP contribution is -2.50. The predicted octanol–water partition coefficient (Wildman–Crippen LogP) is 2.02. The van der Waals surface area contributed by atoms with E-state index in [0.717, 1.165) is 19.3 Å². The minimum Gasteiger partial charge on any atom is -0.383 e. The van der Waals surface area contributed by atoms with E-state index in [4.69, 9.17) is 10.5 Å². The van der Waals surface area contributed by atoms with Crippen molar-refractivity contribution in [2.45, 2.75) is 59.0 Å². The van der Waals surface area contributed by atoms with E-state index in [1.165, 1.54) is 0 Å². The van der Waals surface area contributed by atoms with Gasteiger partial charge in [-0.25, -0.2) is 0 Å². The standard InChI is InChI=1S/C14H30N2O2/c1-6-12(7-2)16(8-9-18-5)14(17)13(15)10-11(3)4/h11-13H,6-10,15H2,1-5H3/t13-/m0/s1. The maximum Gasteiger partial charge on any atom is 0.239 e. The van der Waals surface area contributed by atoms with E-state index in [-0.39, 0.29) is 18.0 Å². The number of nitrogens with zero attached hydrogens (tertiary/aromatic N) is 1. The number of nitrogens with two attached hydrogens (primary N) is 1. The Kier molecular flexibility index (Phi) is 9.02. The molecule has 0 spiro atoms. The maximum absolute atomic E-state index is 12.4. The summed E-state index contributed by atoms with van der Waals surface area (Å²) >= 11 is 0. The molecule has 0 bridgehead atoms. The summed E-state index contributed by atoms with van der Waals surface area (Å²) in [5.41, 5.74) is 6.01. The van der Waals surface area contributed by atoms with Gasteiger partial charge in [-0.3, -0.25) is 4.79 Å². The number of amides is 1. The molecule has 18 heavy (non-hydrogen) atoms. The molecule has 108 valence electrons. The molecule has 2 N–H and O–H groups in total. The quantitative estimate of drug-likeness (QED) is 0.688. The fourth-order valence-electron chi connectivity index (χ4n) is 2.21. The van der Waals surface area contributed by atoms with E-state index in [0.29, 0.717) is 19.1 Å². The van der Waals surface area contributed by atoms with Crippen molar-refractivity contribution in [3.05, 3.63) is 0 Å². The number of hydrogen-bond donors (Lipinski definition) is 1. The third kappa shape index (κ3) is 5.83. The Balaban J connectivity index is 4.66. The van der Waals surface area contributed by atoms with Crippen molar-refractivity contribution in [1.29, 1.82) is 0 Å². The number of hydrogen-bond acceptors (Lipinski definition) is 3. The van der Waals surface area contributed by atoms with E-state index in [9.17, 15) is 4.79 Å². The Hall–Kier alpha value is -0.610. The summed E-state index contributed by atoms with van der Waals surface area (Å²) in [5, 5.41) is 0.